The lowest BCUT2D eigenvalue weighted by Gasteiger charge is -2.11. The number of hydrogen-bond acceptors (Lipinski definition) is 5. The monoisotopic (exact) mass is 229 g/mol. The molecule has 1 rings (SSSR count). The molecule has 1 aromatic rings. The zero-order valence-corrected chi connectivity index (χ0v) is 10.6. The molecule has 0 aromatic carbocycles. The number of nitrogens with one attached hydrogen (secondary N) is 1. The highest BCUT2D eigenvalue weighted by Gasteiger charge is 2.05. The standard InChI is InChI=1S/C10H19N3OS/c1-8(7-14-4)11-5-9-6-12-10(15-9)13(2)3/h6,8,11H,5,7H2,1-4H3. The lowest BCUT2D eigenvalue weighted by atomic mass is 10.3. The van der Waals surface area contributed by atoms with Crippen LogP contribution in [0.3, 0.4) is 0 Å². The molecule has 0 aliphatic carbocycles. The largest absolute Gasteiger partial charge is 0.383 e. The van der Waals surface area contributed by atoms with Crippen LogP contribution in [0.4, 0.5) is 5.13 Å². The van der Waals surface area contributed by atoms with E-state index < -0.39 is 0 Å². The molecule has 0 aliphatic rings. The number of nitrogens with zero attached hydrogens (tertiary/aromatic N) is 2. The van der Waals surface area contributed by atoms with Gasteiger partial charge in [0.1, 0.15) is 0 Å². The van der Waals surface area contributed by atoms with E-state index in [4.69, 9.17) is 4.74 Å². The van der Waals surface area contributed by atoms with E-state index in [-0.39, 0.29) is 0 Å². The maximum absolute atomic E-state index is 5.05. The fraction of sp³-hybridized carbons (Fsp3) is 0.700. The molecule has 0 aliphatic heterocycles. The van der Waals surface area contributed by atoms with Gasteiger partial charge in [-0.3, -0.25) is 0 Å². The highest BCUT2D eigenvalue weighted by atomic mass is 32.1. The Hall–Kier alpha value is -0.650. The summed E-state index contributed by atoms with van der Waals surface area (Å²) in [5.41, 5.74) is 0. The predicted octanol–water partition coefficient (Wildman–Crippen LogP) is 1.33. The van der Waals surface area contributed by atoms with Crippen LogP contribution in [0, 0.1) is 0 Å². The second kappa shape index (κ2) is 6.05. The number of methoxy groups -OCH3 is 1. The Morgan fingerprint density at radius 3 is 2.87 bits per heavy atom. The van der Waals surface area contributed by atoms with Gasteiger partial charge in [-0.15, -0.1) is 11.3 Å². The fourth-order valence-corrected chi connectivity index (χ4v) is 1.95. The van der Waals surface area contributed by atoms with E-state index in [1.54, 1.807) is 18.4 Å². The molecule has 4 nitrogen and oxygen atoms in total. The lowest BCUT2D eigenvalue weighted by molar-refractivity contribution is 0.172. The van der Waals surface area contributed by atoms with Gasteiger partial charge < -0.3 is 15.0 Å². The highest BCUT2D eigenvalue weighted by molar-refractivity contribution is 7.15. The van der Waals surface area contributed by atoms with Crippen LogP contribution in [0.15, 0.2) is 6.20 Å². The summed E-state index contributed by atoms with van der Waals surface area (Å²) in [6.45, 7) is 3.70. The minimum atomic E-state index is 0.375. The van der Waals surface area contributed by atoms with E-state index in [2.05, 4.69) is 17.2 Å². The zero-order chi connectivity index (χ0) is 11.3. The molecule has 0 fully saturated rings. The predicted molar refractivity (Wildman–Crippen MR) is 64.6 cm³/mol. The summed E-state index contributed by atoms with van der Waals surface area (Å²) in [5.74, 6) is 0. The van der Waals surface area contributed by atoms with Crippen LogP contribution in [-0.2, 0) is 11.3 Å². The number of thiazole rings is 1. The summed E-state index contributed by atoms with van der Waals surface area (Å²) in [7, 11) is 5.72. The summed E-state index contributed by atoms with van der Waals surface area (Å²) in [6.07, 6.45) is 1.92. The smallest absolute Gasteiger partial charge is 0.185 e. The van der Waals surface area contributed by atoms with E-state index in [0.717, 1.165) is 18.3 Å². The topological polar surface area (TPSA) is 37.4 Å². The second-order valence-electron chi connectivity index (χ2n) is 3.74. The van der Waals surface area contributed by atoms with Crippen molar-refractivity contribution in [2.45, 2.75) is 19.5 Å². The second-order valence-corrected chi connectivity index (χ2v) is 4.83. The summed E-state index contributed by atoms with van der Waals surface area (Å²) < 4.78 is 5.05. The first-order valence-corrected chi connectivity index (χ1v) is 5.79. The third-order valence-electron chi connectivity index (χ3n) is 1.97. The Labute approximate surface area is 95.3 Å². The first-order valence-electron chi connectivity index (χ1n) is 4.98. The van der Waals surface area contributed by atoms with E-state index in [1.165, 1.54) is 4.88 Å². The average Bonchev–Trinajstić information content (AvgIpc) is 2.63. The van der Waals surface area contributed by atoms with Crippen molar-refractivity contribution < 1.29 is 4.74 Å². The number of ether oxygens (including phenoxy) is 1. The van der Waals surface area contributed by atoms with Crippen molar-refractivity contribution in [2.24, 2.45) is 0 Å². The third-order valence-corrected chi connectivity index (χ3v) is 3.13. The molecule has 86 valence electrons. The Morgan fingerprint density at radius 1 is 1.60 bits per heavy atom. The van der Waals surface area contributed by atoms with Crippen LogP contribution < -0.4 is 10.2 Å². The number of rotatable bonds is 6. The van der Waals surface area contributed by atoms with Crippen LogP contribution in [-0.4, -0.2) is 38.8 Å². The maximum Gasteiger partial charge on any atom is 0.185 e. The minimum Gasteiger partial charge on any atom is -0.383 e. The molecule has 0 spiro atoms. The molecule has 0 saturated carbocycles. The molecule has 1 heterocycles. The molecule has 0 amide bonds. The number of aromatic nitrogens is 1. The maximum atomic E-state index is 5.05. The SMILES string of the molecule is COCC(C)NCc1cnc(N(C)C)s1. The van der Waals surface area contributed by atoms with E-state index in [1.807, 2.05) is 25.2 Å². The Balaban J connectivity index is 2.37. The zero-order valence-electron chi connectivity index (χ0n) is 9.78. The van der Waals surface area contributed by atoms with Crippen LogP contribution >= 0.6 is 11.3 Å². The molecule has 1 unspecified atom stereocenters. The number of hydrogen-bond donors (Lipinski definition) is 1. The van der Waals surface area contributed by atoms with Crippen molar-refractivity contribution >= 4 is 16.5 Å². The van der Waals surface area contributed by atoms with Crippen LogP contribution in [0.1, 0.15) is 11.8 Å². The quantitative estimate of drug-likeness (QED) is 0.798. The van der Waals surface area contributed by atoms with E-state index in [9.17, 15) is 0 Å². The van der Waals surface area contributed by atoms with Gasteiger partial charge in [0.25, 0.3) is 0 Å². The molecule has 0 bridgehead atoms. The Kier molecular flexibility index (Phi) is 5.01. The molecule has 0 radical (unpaired) electrons. The molecule has 0 saturated heterocycles. The number of anilines is 1. The summed E-state index contributed by atoms with van der Waals surface area (Å²) in [5, 5.41) is 4.43. The lowest BCUT2D eigenvalue weighted by Crippen LogP contribution is -2.29. The van der Waals surface area contributed by atoms with Gasteiger partial charge in [-0.05, 0) is 6.92 Å². The van der Waals surface area contributed by atoms with E-state index in [0.29, 0.717) is 6.04 Å². The van der Waals surface area contributed by atoms with Gasteiger partial charge in [-0.2, -0.15) is 0 Å². The molecule has 5 heteroatoms. The van der Waals surface area contributed by atoms with Crippen LogP contribution in [0.5, 0.6) is 0 Å². The molecule has 1 aromatic heterocycles. The van der Waals surface area contributed by atoms with Crippen LogP contribution in [0.2, 0.25) is 0 Å². The van der Waals surface area contributed by atoms with Gasteiger partial charge >= 0.3 is 0 Å². The average molecular weight is 229 g/mol. The van der Waals surface area contributed by atoms with Crippen molar-refractivity contribution in [2.75, 3.05) is 32.7 Å². The van der Waals surface area contributed by atoms with Crippen molar-refractivity contribution in [1.29, 1.82) is 0 Å². The molecule has 15 heavy (non-hydrogen) atoms. The third kappa shape index (κ3) is 4.15. The molecule has 1 atom stereocenters. The van der Waals surface area contributed by atoms with Gasteiger partial charge in [-0.1, -0.05) is 0 Å². The first kappa shape index (κ1) is 12.4. The fourth-order valence-electron chi connectivity index (χ4n) is 1.17. The first-order chi connectivity index (χ1) is 7.13. The normalized spacial score (nSPS) is 12.8. The van der Waals surface area contributed by atoms with Crippen molar-refractivity contribution in [3.63, 3.8) is 0 Å². The van der Waals surface area contributed by atoms with Crippen molar-refractivity contribution in [1.82, 2.24) is 10.3 Å². The molecular formula is C10H19N3OS. The van der Waals surface area contributed by atoms with Crippen LogP contribution in [0.25, 0.3) is 0 Å². The molecule has 1 N–H and O–H groups in total. The Bertz CT molecular complexity index is 288. The van der Waals surface area contributed by atoms with Crippen molar-refractivity contribution in [3.05, 3.63) is 11.1 Å². The highest BCUT2D eigenvalue weighted by Crippen LogP contribution is 2.19. The van der Waals surface area contributed by atoms with Gasteiger partial charge in [-0.25, -0.2) is 4.98 Å². The minimum absolute atomic E-state index is 0.375. The van der Waals surface area contributed by atoms with Gasteiger partial charge in [0.05, 0.1) is 6.61 Å². The van der Waals surface area contributed by atoms with Gasteiger partial charge in [0.2, 0.25) is 0 Å². The van der Waals surface area contributed by atoms with Gasteiger partial charge in [0.15, 0.2) is 5.13 Å². The Morgan fingerprint density at radius 2 is 2.33 bits per heavy atom. The molecular weight excluding hydrogens is 210 g/mol. The summed E-state index contributed by atoms with van der Waals surface area (Å²) >= 11 is 1.71. The summed E-state index contributed by atoms with van der Waals surface area (Å²) in [4.78, 5) is 7.58. The van der Waals surface area contributed by atoms with Crippen molar-refractivity contribution in [3.8, 4) is 0 Å². The summed E-state index contributed by atoms with van der Waals surface area (Å²) in [6, 6.07) is 0.375. The van der Waals surface area contributed by atoms with E-state index >= 15 is 0 Å². The van der Waals surface area contributed by atoms with Gasteiger partial charge in [0, 0.05) is 44.9 Å².